The Hall–Kier alpha value is -1.48. The number of hydrogen-bond acceptors (Lipinski definition) is 2. The second-order valence-corrected chi connectivity index (χ2v) is 5.06. The minimum absolute atomic E-state index is 0.692. The number of fused-ring (bicyclic) bond motifs is 1. The molecule has 0 radical (unpaired) electrons. The molecule has 0 bridgehead atoms. The summed E-state index contributed by atoms with van der Waals surface area (Å²) in [5, 5.41) is 2.37. The Morgan fingerprint density at radius 3 is 2.50 bits per heavy atom. The zero-order valence-electron chi connectivity index (χ0n) is 10.0. The first kappa shape index (κ1) is 11.6. The normalized spacial score (nSPS) is 16.6. The lowest BCUT2D eigenvalue weighted by Crippen LogP contribution is -2.26. The molecule has 92 valence electrons. The molecule has 0 fully saturated rings. The monoisotopic (exact) mass is 304 g/mol. The zero-order valence-corrected chi connectivity index (χ0v) is 11.6. The van der Waals surface area contributed by atoms with Crippen LogP contribution in [0.25, 0.3) is 10.8 Å². The fourth-order valence-electron chi connectivity index (χ4n) is 2.32. The van der Waals surface area contributed by atoms with Crippen molar-refractivity contribution in [2.75, 3.05) is 0 Å². The zero-order chi connectivity index (χ0) is 12.6. The van der Waals surface area contributed by atoms with Crippen LogP contribution in [0.4, 0.5) is 0 Å². The van der Waals surface area contributed by atoms with Crippen molar-refractivity contribution in [2.45, 2.75) is 19.1 Å². The van der Waals surface area contributed by atoms with Crippen LogP contribution in [0.15, 0.2) is 53.4 Å². The first-order chi connectivity index (χ1) is 8.77. The molecule has 0 saturated heterocycles. The predicted octanol–water partition coefficient (Wildman–Crippen LogP) is 4.68. The van der Waals surface area contributed by atoms with Gasteiger partial charge < -0.3 is 9.47 Å². The van der Waals surface area contributed by atoms with E-state index in [1.165, 1.54) is 10.8 Å². The van der Waals surface area contributed by atoms with Gasteiger partial charge in [0.2, 0.25) is 0 Å². The third kappa shape index (κ3) is 1.62. The molecule has 1 aliphatic rings. The maximum Gasteiger partial charge on any atom is 0.277 e. The Morgan fingerprint density at radius 1 is 1.06 bits per heavy atom. The van der Waals surface area contributed by atoms with E-state index in [1.807, 2.05) is 12.1 Å². The fraction of sp³-hybridized carbons (Fsp3) is 0.200. The second kappa shape index (κ2) is 4.32. The molecule has 3 heteroatoms. The van der Waals surface area contributed by atoms with Crippen LogP contribution in [0.5, 0.6) is 0 Å². The van der Waals surface area contributed by atoms with E-state index >= 15 is 0 Å². The van der Waals surface area contributed by atoms with Gasteiger partial charge in [-0.3, -0.25) is 0 Å². The molecule has 1 heterocycles. The van der Waals surface area contributed by atoms with Gasteiger partial charge in [-0.05, 0) is 32.8 Å². The average molecular weight is 305 g/mol. The van der Waals surface area contributed by atoms with Crippen molar-refractivity contribution in [1.82, 2.24) is 0 Å². The number of hydrogen-bond donors (Lipinski definition) is 0. The number of rotatable bonds is 2. The van der Waals surface area contributed by atoms with Crippen molar-refractivity contribution in [1.29, 1.82) is 0 Å². The molecular weight excluding hydrogens is 292 g/mol. The largest absolute Gasteiger partial charge is 0.453 e. The van der Waals surface area contributed by atoms with E-state index in [0.717, 1.165) is 16.5 Å². The van der Waals surface area contributed by atoms with Crippen molar-refractivity contribution >= 4 is 26.7 Å². The van der Waals surface area contributed by atoms with Crippen molar-refractivity contribution in [3.8, 4) is 0 Å². The molecule has 0 unspecified atom stereocenters. The van der Waals surface area contributed by atoms with Gasteiger partial charge in [0.05, 0.1) is 5.56 Å². The van der Waals surface area contributed by atoms with Gasteiger partial charge in [-0.25, -0.2) is 0 Å². The SMILES string of the molecule is CCC1(c2ccc3ccccc3c2Br)OC=CO1. The van der Waals surface area contributed by atoms with Crippen LogP contribution in [0.3, 0.4) is 0 Å². The lowest BCUT2D eigenvalue weighted by atomic mass is 9.99. The summed E-state index contributed by atoms with van der Waals surface area (Å²) < 4.78 is 12.4. The molecule has 2 aromatic carbocycles. The van der Waals surface area contributed by atoms with E-state index in [1.54, 1.807) is 12.5 Å². The van der Waals surface area contributed by atoms with Gasteiger partial charge in [-0.1, -0.05) is 37.3 Å². The van der Waals surface area contributed by atoms with Crippen LogP contribution < -0.4 is 0 Å². The standard InChI is InChI=1S/C15H13BrO2/c1-2-15(17-9-10-18-15)13-8-7-11-5-3-4-6-12(11)14(13)16/h3-10H,2H2,1H3. The highest BCUT2D eigenvalue weighted by atomic mass is 79.9. The second-order valence-electron chi connectivity index (χ2n) is 4.26. The fourth-order valence-corrected chi connectivity index (χ4v) is 3.11. The quantitative estimate of drug-likeness (QED) is 0.802. The first-order valence-corrected chi connectivity index (χ1v) is 6.74. The maximum absolute atomic E-state index is 5.67. The maximum atomic E-state index is 5.67. The van der Waals surface area contributed by atoms with E-state index in [9.17, 15) is 0 Å². The molecule has 0 saturated carbocycles. The smallest absolute Gasteiger partial charge is 0.277 e. The van der Waals surface area contributed by atoms with Gasteiger partial charge in [0.15, 0.2) is 0 Å². The molecule has 0 N–H and O–H groups in total. The predicted molar refractivity (Wildman–Crippen MR) is 74.9 cm³/mol. The summed E-state index contributed by atoms with van der Waals surface area (Å²) in [6.07, 6.45) is 3.95. The van der Waals surface area contributed by atoms with Crippen molar-refractivity contribution in [3.05, 3.63) is 59.0 Å². The topological polar surface area (TPSA) is 18.5 Å². The van der Waals surface area contributed by atoms with Crippen LogP contribution >= 0.6 is 15.9 Å². The Balaban J connectivity index is 2.21. The highest BCUT2D eigenvalue weighted by Gasteiger charge is 2.38. The molecule has 0 amide bonds. The highest BCUT2D eigenvalue weighted by Crippen LogP contribution is 2.41. The van der Waals surface area contributed by atoms with Crippen LogP contribution in [0.2, 0.25) is 0 Å². The van der Waals surface area contributed by atoms with Crippen molar-refractivity contribution < 1.29 is 9.47 Å². The Morgan fingerprint density at radius 2 is 1.78 bits per heavy atom. The number of halogens is 1. The van der Waals surface area contributed by atoms with E-state index in [4.69, 9.17) is 9.47 Å². The lowest BCUT2D eigenvalue weighted by molar-refractivity contribution is -0.152. The van der Waals surface area contributed by atoms with Crippen LogP contribution in [0, 0.1) is 0 Å². The Bertz CT molecular complexity index is 611. The number of benzene rings is 2. The van der Waals surface area contributed by atoms with Gasteiger partial charge in [0, 0.05) is 10.9 Å². The molecule has 2 nitrogen and oxygen atoms in total. The minimum atomic E-state index is -0.692. The minimum Gasteiger partial charge on any atom is -0.453 e. The molecule has 3 rings (SSSR count). The molecule has 18 heavy (non-hydrogen) atoms. The van der Waals surface area contributed by atoms with Crippen LogP contribution in [0.1, 0.15) is 18.9 Å². The molecular formula is C15H13BrO2. The number of ether oxygens (including phenoxy) is 2. The average Bonchev–Trinajstić information content (AvgIpc) is 2.89. The third-order valence-electron chi connectivity index (χ3n) is 3.31. The van der Waals surface area contributed by atoms with E-state index in [0.29, 0.717) is 0 Å². The van der Waals surface area contributed by atoms with Crippen LogP contribution in [-0.2, 0) is 15.3 Å². The highest BCUT2D eigenvalue weighted by molar-refractivity contribution is 9.10. The van der Waals surface area contributed by atoms with Gasteiger partial charge in [-0.15, -0.1) is 0 Å². The summed E-state index contributed by atoms with van der Waals surface area (Å²) in [7, 11) is 0. The van der Waals surface area contributed by atoms with E-state index in [2.05, 4.69) is 47.1 Å². The first-order valence-electron chi connectivity index (χ1n) is 5.95. The molecule has 0 aliphatic carbocycles. The summed E-state index contributed by atoms with van der Waals surface area (Å²) in [5.41, 5.74) is 1.02. The summed E-state index contributed by atoms with van der Waals surface area (Å²) in [6, 6.07) is 12.4. The molecule has 2 aromatic rings. The lowest BCUT2D eigenvalue weighted by Gasteiger charge is -2.28. The van der Waals surface area contributed by atoms with Gasteiger partial charge in [0.1, 0.15) is 12.5 Å². The molecule has 0 atom stereocenters. The van der Waals surface area contributed by atoms with E-state index in [-0.39, 0.29) is 0 Å². The third-order valence-corrected chi connectivity index (χ3v) is 4.17. The molecule has 1 aliphatic heterocycles. The van der Waals surface area contributed by atoms with Gasteiger partial charge in [0.25, 0.3) is 5.79 Å². The summed E-state index contributed by atoms with van der Waals surface area (Å²) in [6.45, 7) is 2.05. The molecule has 0 spiro atoms. The van der Waals surface area contributed by atoms with Gasteiger partial charge in [-0.2, -0.15) is 0 Å². The van der Waals surface area contributed by atoms with Crippen molar-refractivity contribution in [3.63, 3.8) is 0 Å². The van der Waals surface area contributed by atoms with Crippen molar-refractivity contribution in [2.24, 2.45) is 0 Å². The Labute approximate surface area is 114 Å². The van der Waals surface area contributed by atoms with E-state index < -0.39 is 5.79 Å². The summed E-state index contributed by atoms with van der Waals surface area (Å²) in [5.74, 6) is -0.692. The molecule has 0 aromatic heterocycles. The Kier molecular flexibility index (Phi) is 2.78. The van der Waals surface area contributed by atoms with Crippen LogP contribution in [-0.4, -0.2) is 0 Å². The summed E-state index contributed by atoms with van der Waals surface area (Å²) >= 11 is 3.68. The van der Waals surface area contributed by atoms with Gasteiger partial charge >= 0.3 is 0 Å². The summed E-state index contributed by atoms with van der Waals surface area (Å²) in [4.78, 5) is 0.